The average Bonchev–Trinajstić information content (AvgIpc) is 2.89. The van der Waals surface area contributed by atoms with Crippen LogP contribution in [0, 0.1) is 0 Å². The van der Waals surface area contributed by atoms with E-state index in [0.717, 1.165) is 11.0 Å². The first-order valence-electron chi connectivity index (χ1n) is 6.54. The topological polar surface area (TPSA) is 87.8 Å². The van der Waals surface area contributed by atoms with E-state index >= 15 is 0 Å². The van der Waals surface area contributed by atoms with E-state index in [0.29, 0.717) is 5.69 Å². The van der Waals surface area contributed by atoms with Crippen molar-refractivity contribution in [2.24, 2.45) is 7.05 Å². The molecule has 0 saturated carbocycles. The normalized spacial score (nSPS) is 12.6. The van der Waals surface area contributed by atoms with Crippen LogP contribution in [0.1, 0.15) is 32.0 Å². The van der Waals surface area contributed by atoms with Crippen LogP contribution in [0.4, 0.5) is 5.69 Å². The summed E-state index contributed by atoms with van der Waals surface area (Å²) in [6.07, 6.45) is 4.14. The van der Waals surface area contributed by atoms with Crippen molar-refractivity contribution in [2.75, 3.05) is 5.73 Å². The van der Waals surface area contributed by atoms with Gasteiger partial charge in [-0.1, -0.05) is 6.92 Å². The molecule has 0 aliphatic rings. The lowest BCUT2D eigenvalue weighted by atomic mass is 10.3. The van der Waals surface area contributed by atoms with Gasteiger partial charge in [0.1, 0.15) is 5.69 Å². The molecule has 1 unspecified atom stereocenters. The zero-order valence-electron chi connectivity index (χ0n) is 11.9. The molecule has 0 fully saturated rings. The summed E-state index contributed by atoms with van der Waals surface area (Å²) in [5, 5.41) is 4.39. The number of aryl methyl sites for hydroxylation is 1. The van der Waals surface area contributed by atoms with Gasteiger partial charge in [0.2, 0.25) is 0 Å². The van der Waals surface area contributed by atoms with Gasteiger partial charge in [0.15, 0.2) is 0 Å². The molecule has 0 aromatic carbocycles. The van der Waals surface area contributed by atoms with E-state index in [1.165, 1.54) is 10.8 Å². The van der Waals surface area contributed by atoms with Crippen molar-refractivity contribution in [3.05, 3.63) is 45.0 Å². The number of nitrogens with zero attached hydrogens (tertiary/aromatic N) is 4. The maximum absolute atomic E-state index is 12.0. The molecular weight excluding hydrogens is 258 g/mol. The standard InChI is InChI=1S/C13H19N5O2/c1-4-9(2)18-6-5-10(15-18)7-17-12(19)11(14)8-16(3)13(17)20/h5-6,8-9H,4,7,14H2,1-3H3. The van der Waals surface area contributed by atoms with Crippen molar-refractivity contribution >= 4 is 5.69 Å². The molecule has 0 radical (unpaired) electrons. The number of hydrogen-bond acceptors (Lipinski definition) is 4. The molecule has 0 aliphatic carbocycles. The predicted octanol–water partition coefficient (Wildman–Crippen LogP) is 0.345. The van der Waals surface area contributed by atoms with Gasteiger partial charge < -0.3 is 10.3 Å². The Morgan fingerprint density at radius 1 is 1.40 bits per heavy atom. The van der Waals surface area contributed by atoms with Gasteiger partial charge in [0, 0.05) is 25.5 Å². The van der Waals surface area contributed by atoms with E-state index in [1.54, 1.807) is 13.1 Å². The Bertz CT molecular complexity index is 691. The highest BCUT2D eigenvalue weighted by Gasteiger charge is 2.10. The first kappa shape index (κ1) is 14.1. The van der Waals surface area contributed by atoms with Gasteiger partial charge in [-0.2, -0.15) is 5.10 Å². The molecule has 20 heavy (non-hydrogen) atoms. The largest absolute Gasteiger partial charge is 0.393 e. The summed E-state index contributed by atoms with van der Waals surface area (Å²) in [6.45, 7) is 4.26. The number of hydrogen-bond donors (Lipinski definition) is 1. The maximum atomic E-state index is 12.0. The summed E-state index contributed by atoms with van der Waals surface area (Å²) in [7, 11) is 1.56. The quantitative estimate of drug-likeness (QED) is 0.873. The van der Waals surface area contributed by atoms with Crippen molar-refractivity contribution in [3.8, 4) is 0 Å². The van der Waals surface area contributed by atoms with E-state index in [-0.39, 0.29) is 18.3 Å². The van der Waals surface area contributed by atoms with Crippen LogP contribution in [-0.4, -0.2) is 18.9 Å². The van der Waals surface area contributed by atoms with E-state index < -0.39 is 11.2 Å². The van der Waals surface area contributed by atoms with Gasteiger partial charge in [-0.25, -0.2) is 4.79 Å². The number of nitrogen functional groups attached to an aromatic ring is 1. The lowest BCUT2D eigenvalue weighted by molar-refractivity contribution is 0.471. The highest BCUT2D eigenvalue weighted by molar-refractivity contribution is 5.31. The average molecular weight is 277 g/mol. The molecule has 0 bridgehead atoms. The van der Waals surface area contributed by atoms with Crippen LogP contribution in [0.5, 0.6) is 0 Å². The second kappa shape index (κ2) is 5.36. The fourth-order valence-corrected chi connectivity index (χ4v) is 1.95. The molecule has 108 valence electrons. The minimum atomic E-state index is -0.480. The molecular formula is C13H19N5O2. The summed E-state index contributed by atoms with van der Waals surface area (Å²) in [5.74, 6) is 0. The second-order valence-corrected chi connectivity index (χ2v) is 4.91. The molecule has 0 saturated heterocycles. The van der Waals surface area contributed by atoms with E-state index in [4.69, 9.17) is 5.73 Å². The monoisotopic (exact) mass is 277 g/mol. The Morgan fingerprint density at radius 2 is 2.10 bits per heavy atom. The van der Waals surface area contributed by atoms with Gasteiger partial charge in [-0.15, -0.1) is 0 Å². The number of nitrogens with two attached hydrogens (primary N) is 1. The van der Waals surface area contributed by atoms with Gasteiger partial charge in [-0.05, 0) is 19.4 Å². The summed E-state index contributed by atoms with van der Waals surface area (Å²) >= 11 is 0. The zero-order valence-corrected chi connectivity index (χ0v) is 11.9. The van der Waals surface area contributed by atoms with Crippen LogP contribution in [-0.2, 0) is 13.6 Å². The molecule has 0 amide bonds. The Hall–Kier alpha value is -2.31. The first-order chi connectivity index (χ1) is 9.43. The van der Waals surface area contributed by atoms with Crippen LogP contribution in [0.2, 0.25) is 0 Å². The molecule has 1 atom stereocenters. The minimum Gasteiger partial charge on any atom is -0.393 e. The molecule has 2 N–H and O–H groups in total. The first-order valence-corrected chi connectivity index (χ1v) is 6.54. The summed E-state index contributed by atoms with van der Waals surface area (Å²) in [4.78, 5) is 23.9. The van der Waals surface area contributed by atoms with Crippen LogP contribution in [0.3, 0.4) is 0 Å². The zero-order chi connectivity index (χ0) is 14.9. The SMILES string of the molecule is CCC(C)n1ccc(Cn2c(=O)c(N)cn(C)c2=O)n1. The molecule has 7 nitrogen and oxygen atoms in total. The summed E-state index contributed by atoms with van der Waals surface area (Å²) in [5.41, 5.74) is 5.43. The predicted molar refractivity (Wildman–Crippen MR) is 76.7 cm³/mol. The Morgan fingerprint density at radius 3 is 2.75 bits per heavy atom. The third-order valence-electron chi connectivity index (χ3n) is 3.38. The fraction of sp³-hybridized carbons (Fsp3) is 0.462. The molecule has 2 rings (SSSR count). The number of rotatable bonds is 4. The molecule has 2 heterocycles. The Kier molecular flexibility index (Phi) is 3.78. The van der Waals surface area contributed by atoms with Crippen LogP contribution in [0.25, 0.3) is 0 Å². The Labute approximate surface area is 116 Å². The summed E-state index contributed by atoms with van der Waals surface area (Å²) < 4.78 is 4.22. The fourth-order valence-electron chi connectivity index (χ4n) is 1.95. The van der Waals surface area contributed by atoms with E-state index in [2.05, 4.69) is 18.9 Å². The lowest BCUT2D eigenvalue weighted by Crippen LogP contribution is -2.40. The second-order valence-electron chi connectivity index (χ2n) is 4.91. The van der Waals surface area contributed by atoms with Crippen molar-refractivity contribution in [1.82, 2.24) is 18.9 Å². The highest BCUT2D eigenvalue weighted by Crippen LogP contribution is 2.09. The molecule has 2 aromatic heterocycles. The third kappa shape index (κ3) is 2.52. The maximum Gasteiger partial charge on any atom is 0.331 e. The van der Waals surface area contributed by atoms with Crippen molar-refractivity contribution in [3.63, 3.8) is 0 Å². The van der Waals surface area contributed by atoms with Crippen LogP contribution in [0.15, 0.2) is 28.0 Å². The minimum absolute atomic E-state index is 0.0495. The highest BCUT2D eigenvalue weighted by atomic mass is 16.2. The summed E-state index contributed by atoms with van der Waals surface area (Å²) in [6, 6.07) is 2.09. The van der Waals surface area contributed by atoms with Crippen molar-refractivity contribution in [1.29, 1.82) is 0 Å². The van der Waals surface area contributed by atoms with Gasteiger partial charge >= 0.3 is 5.69 Å². The molecule has 7 heteroatoms. The number of aromatic nitrogens is 4. The molecule has 0 spiro atoms. The Balaban J connectivity index is 2.38. The molecule has 0 aliphatic heterocycles. The van der Waals surface area contributed by atoms with Crippen LogP contribution >= 0.6 is 0 Å². The van der Waals surface area contributed by atoms with Gasteiger partial charge in [-0.3, -0.25) is 14.0 Å². The smallest absolute Gasteiger partial charge is 0.331 e. The van der Waals surface area contributed by atoms with E-state index in [9.17, 15) is 9.59 Å². The van der Waals surface area contributed by atoms with Crippen molar-refractivity contribution in [2.45, 2.75) is 32.9 Å². The third-order valence-corrected chi connectivity index (χ3v) is 3.38. The number of anilines is 1. The van der Waals surface area contributed by atoms with Gasteiger partial charge in [0.05, 0.1) is 12.2 Å². The van der Waals surface area contributed by atoms with Crippen LogP contribution < -0.4 is 17.0 Å². The van der Waals surface area contributed by atoms with Crippen molar-refractivity contribution < 1.29 is 0 Å². The lowest BCUT2D eigenvalue weighted by Gasteiger charge is -2.09. The molecule has 2 aromatic rings. The van der Waals surface area contributed by atoms with Gasteiger partial charge in [0.25, 0.3) is 5.56 Å². The van der Waals surface area contributed by atoms with E-state index in [1.807, 2.05) is 10.9 Å².